The van der Waals surface area contributed by atoms with Crippen LogP contribution in [0.2, 0.25) is 0 Å². The van der Waals surface area contributed by atoms with Gasteiger partial charge in [0.2, 0.25) is 0 Å². The minimum absolute atomic E-state index is 0.1000. The lowest BCUT2D eigenvalue weighted by molar-refractivity contribution is -0.137. The van der Waals surface area contributed by atoms with E-state index in [0.717, 1.165) is 28.7 Å². The molecular weight excluding hydrogens is 491 g/mol. The molecule has 5 nitrogen and oxygen atoms in total. The van der Waals surface area contributed by atoms with Gasteiger partial charge in [-0.3, -0.25) is 4.79 Å². The number of nitrogens with zero attached hydrogens (tertiary/aromatic N) is 3. The second kappa shape index (κ2) is 10.3. The fraction of sp³-hybridized carbons (Fsp3) is 0.233. The van der Waals surface area contributed by atoms with E-state index in [9.17, 15) is 18.0 Å². The van der Waals surface area contributed by atoms with Gasteiger partial charge in [-0.1, -0.05) is 48.5 Å². The fourth-order valence-corrected chi connectivity index (χ4v) is 4.99. The molecule has 4 aromatic rings. The number of amides is 1. The van der Waals surface area contributed by atoms with Crippen LogP contribution in [0.1, 0.15) is 21.6 Å². The summed E-state index contributed by atoms with van der Waals surface area (Å²) < 4.78 is 47.2. The van der Waals surface area contributed by atoms with Gasteiger partial charge in [0.05, 0.1) is 29.6 Å². The molecule has 1 aliphatic rings. The summed E-state index contributed by atoms with van der Waals surface area (Å²) in [6.07, 6.45) is -4.39. The van der Waals surface area contributed by atoms with Gasteiger partial charge >= 0.3 is 6.18 Å². The zero-order valence-electron chi connectivity index (χ0n) is 21.2. The lowest BCUT2D eigenvalue weighted by Gasteiger charge is -2.36. The number of halogens is 3. The highest BCUT2D eigenvalue weighted by Crippen LogP contribution is 2.35. The number of benzene rings is 3. The Morgan fingerprint density at radius 1 is 0.842 bits per heavy atom. The van der Waals surface area contributed by atoms with Gasteiger partial charge in [0.15, 0.2) is 0 Å². The van der Waals surface area contributed by atoms with Crippen molar-refractivity contribution in [3.8, 4) is 22.7 Å². The minimum Gasteiger partial charge on any atom is -0.495 e. The summed E-state index contributed by atoms with van der Waals surface area (Å²) in [6.45, 7) is 3.64. The van der Waals surface area contributed by atoms with Gasteiger partial charge in [-0.15, -0.1) is 0 Å². The smallest absolute Gasteiger partial charge is 0.416 e. The summed E-state index contributed by atoms with van der Waals surface area (Å²) in [7, 11) is 1.62. The predicted molar refractivity (Wildman–Crippen MR) is 142 cm³/mol. The van der Waals surface area contributed by atoms with Crippen LogP contribution in [0.3, 0.4) is 0 Å². The Balaban J connectivity index is 1.43. The molecule has 0 spiro atoms. The van der Waals surface area contributed by atoms with E-state index in [4.69, 9.17) is 4.74 Å². The van der Waals surface area contributed by atoms with Crippen LogP contribution >= 0.6 is 0 Å². The van der Waals surface area contributed by atoms with Crippen molar-refractivity contribution in [3.63, 3.8) is 0 Å². The maximum Gasteiger partial charge on any atom is 0.416 e. The van der Waals surface area contributed by atoms with Crippen molar-refractivity contribution >= 4 is 11.6 Å². The third-order valence-electron chi connectivity index (χ3n) is 6.98. The van der Waals surface area contributed by atoms with Gasteiger partial charge in [-0.2, -0.15) is 13.2 Å². The van der Waals surface area contributed by atoms with Crippen LogP contribution in [0.4, 0.5) is 18.9 Å². The first-order chi connectivity index (χ1) is 18.3. The quantitative estimate of drug-likeness (QED) is 0.305. The van der Waals surface area contributed by atoms with Crippen molar-refractivity contribution in [2.45, 2.75) is 13.1 Å². The number of para-hydroxylation sites is 2. The van der Waals surface area contributed by atoms with E-state index in [0.29, 0.717) is 43.2 Å². The van der Waals surface area contributed by atoms with E-state index in [2.05, 4.69) is 0 Å². The summed E-state index contributed by atoms with van der Waals surface area (Å²) in [5, 5.41) is 0. The molecule has 1 aliphatic heterocycles. The molecule has 0 bridgehead atoms. The molecule has 0 atom stereocenters. The molecule has 0 unspecified atom stereocenters. The highest BCUT2D eigenvalue weighted by atomic mass is 19.4. The standard InChI is InChI=1S/C30H28F3N3O2/c1-21-25(20-27(22-9-4-3-5-10-22)36(21)26-13-6-7-14-28(26)38-2)29(37)35-17-15-34(16-18-35)24-12-8-11-23(19-24)30(31,32)33/h3-14,19-20H,15-18H2,1-2H3. The van der Waals surface area contributed by atoms with Crippen LogP contribution in [0.15, 0.2) is 84.9 Å². The predicted octanol–water partition coefficient (Wildman–Crippen LogP) is 6.44. The topological polar surface area (TPSA) is 37.7 Å². The number of carbonyl (C=O) groups is 1. The Kier molecular flexibility index (Phi) is 6.89. The van der Waals surface area contributed by atoms with Crippen molar-refractivity contribution < 1.29 is 22.7 Å². The molecule has 1 saturated heterocycles. The molecule has 0 saturated carbocycles. The Labute approximate surface area is 219 Å². The second-order valence-electron chi connectivity index (χ2n) is 9.23. The van der Waals surface area contributed by atoms with E-state index >= 15 is 0 Å². The molecule has 2 heterocycles. The highest BCUT2D eigenvalue weighted by Gasteiger charge is 2.32. The van der Waals surface area contributed by atoms with Crippen LogP contribution in [-0.2, 0) is 6.18 Å². The van der Waals surface area contributed by atoms with Crippen LogP contribution < -0.4 is 9.64 Å². The van der Waals surface area contributed by atoms with E-state index in [1.54, 1.807) is 18.1 Å². The molecule has 0 N–H and O–H groups in total. The molecule has 0 aliphatic carbocycles. The maximum absolute atomic E-state index is 13.7. The number of alkyl halides is 3. The average Bonchev–Trinajstić information content (AvgIpc) is 3.29. The number of piperazine rings is 1. The van der Waals surface area contributed by atoms with Crippen molar-refractivity contribution in [1.82, 2.24) is 9.47 Å². The lowest BCUT2D eigenvalue weighted by atomic mass is 10.1. The minimum atomic E-state index is -4.39. The van der Waals surface area contributed by atoms with Gasteiger partial charge < -0.3 is 19.1 Å². The molecular formula is C30H28F3N3O2. The zero-order chi connectivity index (χ0) is 26.9. The Bertz CT molecular complexity index is 1440. The van der Waals surface area contributed by atoms with Crippen molar-refractivity contribution in [1.29, 1.82) is 0 Å². The number of aromatic nitrogens is 1. The van der Waals surface area contributed by atoms with Crippen molar-refractivity contribution in [2.75, 3.05) is 38.2 Å². The van der Waals surface area contributed by atoms with E-state index in [1.807, 2.05) is 77.1 Å². The Morgan fingerprint density at radius 3 is 2.21 bits per heavy atom. The number of rotatable bonds is 5. The molecule has 196 valence electrons. The number of carbonyl (C=O) groups excluding carboxylic acids is 1. The summed E-state index contributed by atoms with van der Waals surface area (Å²) in [5.74, 6) is 0.592. The van der Waals surface area contributed by atoms with Gasteiger partial charge in [0.1, 0.15) is 5.75 Å². The average molecular weight is 520 g/mol. The first-order valence-electron chi connectivity index (χ1n) is 12.4. The van der Waals surface area contributed by atoms with E-state index in [1.165, 1.54) is 12.1 Å². The Hall–Kier alpha value is -4.20. The SMILES string of the molecule is COc1ccccc1-n1c(-c2ccccc2)cc(C(=O)N2CCN(c3cccc(C(F)(F)F)c3)CC2)c1C. The first-order valence-corrected chi connectivity index (χ1v) is 12.4. The highest BCUT2D eigenvalue weighted by molar-refractivity contribution is 5.97. The van der Waals surface area contributed by atoms with Gasteiger partial charge in [0, 0.05) is 37.6 Å². The molecule has 0 radical (unpaired) electrons. The Morgan fingerprint density at radius 2 is 1.53 bits per heavy atom. The molecule has 1 fully saturated rings. The molecule has 38 heavy (non-hydrogen) atoms. The number of hydrogen-bond donors (Lipinski definition) is 0. The van der Waals surface area contributed by atoms with Gasteiger partial charge in [0.25, 0.3) is 5.91 Å². The summed E-state index contributed by atoms with van der Waals surface area (Å²) in [4.78, 5) is 17.4. The molecule has 1 amide bonds. The summed E-state index contributed by atoms with van der Waals surface area (Å²) >= 11 is 0. The number of hydrogen-bond acceptors (Lipinski definition) is 3. The van der Waals surface area contributed by atoms with E-state index in [-0.39, 0.29) is 5.91 Å². The summed E-state index contributed by atoms with van der Waals surface area (Å²) in [6, 6.07) is 24.8. The van der Waals surface area contributed by atoms with E-state index < -0.39 is 11.7 Å². The number of ether oxygens (including phenoxy) is 1. The van der Waals surface area contributed by atoms with Gasteiger partial charge in [-0.25, -0.2) is 0 Å². The maximum atomic E-state index is 13.7. The number of anilines is 1. The monoisotopic (exact) mass is 519 g/mol. The first kappa shape index (κ1) is 25.4. The third-order valence-corrected chi connectivity index (χ3v) is 6.98. The largest absolute Gasteiger partial charge is 0.495 e. The van der Waals surface area contributed by atoms with Gasteiger partial charge in [-0.05, 0) is 48.9 Å². The van der Waals surface area contributed by atoms with Crippen molar-refractivity contribution in [3.05, 3.63) is 102 Å². The molecule has 1 aromatic heterocycles. The van der Waals surface area contributed by atoms with Crippen LogP contribution in [0.25, 0.3) is 16.9 Å². The van der Waals surface area contributed by atoms with Crippen LogP contribution in [-0.4, -0.2) is 48.7 Å². The lowest BCUT2D eigenvalue weighted by Crippen LogP contribution is -2.49. The van der Waals surface area contributed by atoms with Crippen molar-refractivity contribution in [2.24, 2.45) is 0 Å². The fourth-order valence-electron chi connectivity index (χ4n) is 4.99. The number of methoxy groups -OCH3 is 1. The second-order valence-corrected chi connectivity index (χ2v) is 9.23. The molecule has 5 rings (SSSR count). The molecule has 8 heteroatoms. The third kappa shape index (κ3) is 4.86. The normalized spacial score (nSPS) is 14.0. The zero-order valence-corrected chi connectivity index (χ0v) is 21.2. The van der Waals surface area contributed by atoms with Crippen LogP contribution in [0.5, 0.6) is 5.75 Å². The summed E-state index contributed by atoms with van der Waals surface area (Å²) in [5.41, 5.74) is 3.89. The van der Waals surface area contributed by atoms with Crippen LogP contribution in [0, 0.1) is 6.92 Å². The molecule has 3 aromatic carbocycles.